The van der Waals surface area contributed by atoms with E-state index in [2.05, 4.69) is 43.5 Å². The van der Waals surface area contributed by atoms with Crippen molar-refractivity contribution in [2.75, 3.05) is 0 Å². The minimum absolute atomic E-state index is 0.0780. The number of nitrogens with zero attached hydrogens (tertiary/aromatic N) is 1. The fourth-order valence-electron chi connectivity index (χ4n) is 1.76. The van der Waals surface area contributed by atoms with Crippen LogP contribution in [0.2, 0.25) is 0 Å². The van der Waals surface area contributed by atoms with Crippen molar-refractivity contribution in [2.45, 2.75) is 33.4 Å². The van der Waals surface area contributed by atoms with E-state index < -0.39 is 0 Å². The zero-order valence-electron chi connectivity index (χ0n) is 10.1. The smallest absolute Gasteiger partial charge is 0.0767 e. The molecule has 0 aliphatic rings. The average molecular weight is 217 g/mol. The van der Waals surface area contributed by atoms with Crippen LogP contribution in [0, 0.1) is 5.41 Å². The van der Waals surface area contributed by atoms with Crippen LogP contribution in [-0.4, -0.2) is 15.8 Å². The zero-order chi connectivity index (χ0) is 11.8. The van der Waals surface area contributed by atoms with Gasteiger partial charge in [-0.1, -0.05) is 39.0 Å². The second-order valence-corrected chi connectivity index (χ2v) is 5.41. The molecule has 0 saturated heterocycles. The Morgan fingerprint density at radius 3 is 2.56 bits per heavy atom. The third-order valence-corrected chi connectivity index (χ3v) is 3.05. The summed E-state index contributed by atoms with van der Waals surface area (Å²) in [6, 6.07) is 10.3. The minimum Gasteiger partial charge on any atom is -0.391 e. The monoisotopic (exact) mass is 217 g/mol. The van der Waals surface area contributed by atoms with Gasteiger partial charge in [0.2, 0.25) is 0 Å². The predicted molar refractivity (Wildman–Crippen MR) is 67.4 cm³/mol. The third kappa shape index (κ3) is 2.12. The highest BCUT2D eigenvalue weighted by atomic mass is 16.3. The molecule has 16 heavy (non-hydrogen) atoms. The van der Waals surface area contributed by atoms with Crippen LogP contribution in [0.5, 0.6) is 0 Å². The van der Waals surface area contributed by atoms with Crippen molar-refractivity contribution in [1.29, 1.82) is 0 Å². The van der Waals surface area contributed by atoms with Crippen molar-refractivity contribution >= 4 is 10.9 Å². The maximum Gasteiger partial charge on any atom is 0.0767 e. The molecule has 1 aromatic heterocycles. The zero-order valence-corrected chi connectivity index (χ0v) is 10.1. The van der Waals surface area contributed by atoms with Gasteiger partial charge in [0.15, 0.2) is 0 Å². The fraction of sp³-hybridized carbons (Fsp3) is 0.429. The normalized spacial score (nSPS) is 14.2. The molecule has 0 amide bonds. The van der Waals surface area contributed by atoms with E-state index in [0.717, 1.165) is 0 Å². The number of hydrogen-bond acceptors (Lipinski definition) is 1. The van der Waals surface area contributed by atoms with Crippen LogP contribution in [0.25, 0.3) is 10.9 Å². The van der Waals surface area contributed by atoms with E-state index >= 15 is 0 Å². The molecule has 1 atom stereocenters. The third-order valence-electron chi connectivity index (χ3n) is 3.05. The average Bonchev–Trinajstić information content (AvgIpc) is 2.61. The number of rotatable bonds is 2. The van der Waals surface area contributed by atoms with Crippen LogP contribution in [0.3, 0.4) is 0 Å². The van der Waals surface area contributed by atoms with E-state index in [0.29, 0.717) is 6.54 Å². The van der Waals surface area contributed by atoms with Gasteiger partial charge in [0.05, 0.1) is 6.10 Å². The summed E-state index contributed by atoms with van der Waals surface area (Å²) in [6.45, 7) is 6.83. The summed E-state index contributed by atoms with van der Waals surface area (Å²) in [4.78, 5) is 0. The minimum atomic E-state index is -0.330. The van der Waals surface area contributed by atoms with E-state index in [-0.39, 0.29) is 11.5 Å². The van der Waals surface area contributed by atoms with Crippen molar-refractivity contribution < 1.29 is 5.11 Å². The highest BCUT2D eigenvalue weighted by Gasteiger charge is 2.22. The second-order valence-electron chi connectivity index (χ2n) is 5.41. The number of aromatic nitrogens is 1. The maximum atomic E-state index is 10.1. The van der Waals surface area contributed by atoms with Crippen LogP contribution in [-0.2, 0) is 6.54 Å². The molecule has 86 valence electrons. The standard InChI is InChI=1S/C14H19NO/c1-14(2,3)13(16)10-15-9-8-11-6-4-5-7-12(11)15/h4-9,13,16H,10H2,1-3H3. The van der Waals surface area contributed by atoms with Gasteiger partial charge in [0.25, 0.3) is 0 Å². The molecule has 1 heterocycles. The summed E-state index contributed by atoms with van der Waals surface area (Å²) in [6.07, 6.45) is 1.71. The van der Waals surface area contributed by atoms with E-state index in [4.69, 9.17) is 0 Å². The van der Waals surface area contributed by atoms with Gasteiger partial charge < -0.3 is 9.67 Å². The molecule has 1 N–H and O–H groups in total. The van der Waals surface area contributed by atoms with E-state index in [9.17, 15) is 5.11 Å². The maximum absolute atomic E-state index is 10.1. The molecule has 2 rings (SSSR count). The molecule has 0 fully saturated rings. The Labute approximate surface area is 96.5 Å². The molecule has 0 radical (unpaired) electrons. The number of aliphatic hydroxyl groups is 1. The van der Waals surface area contributed by atoms with E-state index in [1.807, 2.05) is 18.3 Å². The Bertz CT molecular complexity index is 479. The quantitative estimate of drug-likeness (QED) is 0.821. The first kappa shape index (κ1) is 11.2. The Balaban J connectivity index is 2.28. The molecular formula is C14H19NO. The van der Waals surface area contributed by atoms with Crippen molar-refractivity contribution in [2.24, 2.45) is 5.41 Å². The first-order chi connectivity index (χ1) is 7.48. The van der Waals surface area contributed by atoms with Crippen LogP contribution in [0.4, 0.5) is 0 Å². The van der Waals surface area contributed by atoms with Crippen LogP contribution in [0.15, 0.2) is 36.5 Å². The number of para-hydroxylation sites is 1. The van der Waals surface area contributed by atoms with Gasteiger partial charge in [0.1, 0.15) is 0 Å². The van der Waals surface area contributed by atoms with Crippen LogP contribution >= 0.6 is 0 Å². The molecule has 2 aromatic rings. The molecule has 1 aromatic carbocycles. The summed E-state index contributed by atoms with van der Waals surface area (Å²) in [5.74, 6) is 0. The number of benzene rings is 1. The van der Waals surface area contributed by atoms with Crippen molar-refractivity contribution in [3.63, 3.8) is 0 Å². The van der Waals surface area contributed by atoms with Gasteiger partial charge >= 0.3 is 0 Å². The number of fused-ring (bicyclic) bond motifs is 1. The SMILES string of the molecule is CC(C)(C)C(O)Cn1ccc2ccccc21. The van der Waals surface area contributed by atoms with Gasteiger partial charge in [-0.25, -0.2) is 0 Å². The van der Waals surface area contributed by atoms with Crippen molar-refractivity contribution in [1.82, 2.24) is 4.57 Å². The number of hydrogen-bond donors (Lipinski definition) is 1. The highest BCUT2D eigenvalue weighted by Crippen LogP contribution is 2.23. The lowest BCUT2D eigenvalue weighted by atomic mass is 9.89. The Morgan fingerprint density at radius 2 is 1.88 bits per heavy atom. The second kappa shape index (κ2) is 3.95. The lowest BCUT2D eigenvalue weighted by Crippen LogP contribution is -2.30. The molecule has 0 aliphatic carbocycles. The Hall–Kier alpha value is -1.28. The lowest BCUT2D eigenvalue weighted by Gasteiger charge is -2.26. The molecule has 0 bridgehead atoms. The summed E-state index contributed by atoms with van der Waals surface area (Å²) in [7, 11) is 0. The van der Waals surface area contributed by atoms with E-state index in [1.54, 1.807) is 0 Å². The van der Waals surface area contributed by atoms with Gasteiger partial charge in [-0.05, 0) is 22.9 Å². The first-order valence-corrected chi connectivity index (χ1v) is 5.70. The largest absolute Gasteiger partial charge is 0.391 e. The summed E-state index contributed by atoms with van der Waals surface area (Å²) < 4.78 is 2.12. The van der Waals surface area contributed by atoms with Gasteiger partial charge in [-0.15, -0.1) is 0 Å². The molecular weight excluding hydrogens is 198 g/mol. The highest BCUT2D eigenvalue weighted by molar-refractivity contribution is 5.79. The fourth-order valence-corrected chi connectivity index (χ4v) is 1.76. The Kier molecular flexibility index (Phi) is 2.76. The molecule has 2 heteroatoms. The predicted octanol–water partition coefficient (Wildman–Crippen LogP) is 3.05. The molecule has 0 aliphatic heterocycles. The summed E-state index contributed by atoms with van der Waals surface area (Å²) in [5, 5.41) is 11.3. The first-order valence-electron chi connectivity index (χ1n) is 5.70. The van der Waals surface area contributed by atoms with Gasteiger partial charge in [0, 0.05) is 18.3 Å². The van der Waals surface area contributed by atoms with Crippen molar-refractivity contribution in [3.05, 3.63) is 36.5 Å². The lowest BCUT2D eigenvalue weighted by molar-refractivity contribution is 0.0491. The van der Waals surface area contributed by atoms with E-state index in [1.165, 1.54) is 10.9 Å². The Morgan fingerprint density at radius 1 is 1.19 bits per heavy atom. The number of aliphatic hydroxyl groups excluding tert-OH is 1. The summed E-state index contributed by atoms with van der Waals surface area (Å²) >= 11 is 0. The molecule has 0 spiro atoms. The van der Waals surface area contributed by atoms with Gasteiger partial charge in [-0.3, -0.25) is 0 Å². The van der Waals surface area contributed by atoms with Crippen LogP contribution < -0.4 is 0 Å². The molecule has 0 saturated carbocycles. The molecule has 1 unspecified atom stereocenters. The topological polar surface area (TPSA) is 25.2 Å². The summed E-state index contributed by atoms with van der Waals surface area (Å²) in [5.41, 5.74) is 1.11. The van der Waals surface area contributed by atoms with Crippen molar-refractivity contribution in [3.8, 4) is 0 Å². The van der Waals surface area contributed by atoms with Gasteiger partial charge in [-0.2, -0.15) is 0 Å². The molecule has 2 nitrogen and oxygen atoms in total. The van der Waals surface area contributed by atoms with Crippen LogP contribution in [0.1, 0.15) is 20.8 Å².